The number of rotatable bonds is 4. The van der Waals surface area contributed by atoms with E-state index in [1.54, 1.807) is 0 Å². The van der Waals surface area contributed by atoms with E-state index in [2.05, 4.69) is 46.2 Å². The number of hydrogen-bond acceptors (Lipinski definition) is 2. The molecule has 1 aliphatic rings. The smallest absolute Gasteiger partial charge is 0.109 e. The van der Waals surface area contributed by atoms with Crippen LogP contribution in [0.15, 0.2) is 36.7 Å². The topological polar surface area (TPSA) is 29.9 Å². The van der Waals surface area contributed by atoms with Crippen molar-refractivity contribution in [2.75, 3.05) is 6.54 Å². The number of benzene rings is 1. The van der Waals surface area contributed by atoms with E-state index >= 15 is 0 Å². The second kappa shape index (κ2) is 6.23. The number of imidazole rings is 1. The maximum atomic E-state index is 4.38. The molecule has 1 atom stereocenters. The number of hydrogen-bond donors (Lipinski definition) is 1. The summed E-state index contributed by atoms with van der Waals surface area (Å²) in [5, 5.41) is 3.73. The van der Waals surface area contributed by atoms with Crippen molar-refractivity contribution in [2.24, 2.45) is 7.05 Å². The second-order valence-corrected chi connectivity index (χ2v) is 5.66. The average molecular weight is 269 g/mol. The van der Waals surface area contributed by atoms with Crippen molar-refractivity contribution in [1.29, 1.82) is 0 Å². The first-order valence-corrected chi connectivity index (χ1v) is 7.62. The minimum atomic E-state index is 0.508. The van der Waals surface area contributed by atoms with E-state index in [1.807, 2.05) is 12.4 Å². The van der Waals surface area contributed by atoms with Crippen LogP contribution in [0.4, 0.5) is 0 Å². The second-order valence-electron chi connectivity index (χ2n) is 5.66. The van der Waals surface area contributed by atoms with E-state index in [1.165, 1.54) is 36.8 Å². The normalized spacial score (nSPS) is 18.6. The fraction of sp³-hybridized carbons (Fsp3) is 0.471. The van der Waals surface area contributed by atoms with E-state index in [-0.39, 0.29) is 0 Å². The van der Waals surface area contributed by atoms with E-state index in [9.17, 15) is 0 Å². The zero-order valence-corrected chi connectivity index (χ0v) is 12.2. The van der Waals surface area contributed by atoms with Crippen LogP contribution in [-0.4, -0.2) is 16.1 Å². The highest BCUT2D eigenvalue weighted by Crippen LogP contribution is 2.28. The van der Waals surface area contributed by atoms with Crippen molar-refractivity contribution in [3.8, 4) is 0 Å². The van der Waals surface area contributed by atoms with E-state index in [0.717, 1.165) is 18.8 Å². The third-order valence-electron chi connectivity index (χ3n) is 4.28. The summed E-state index contributed by atoms with van der Waals surface area (Å²) in [6, 6.07) is 9.41. The Labute approximate surface area is 121 Å². The van der Waals surface area contributed by atoms with Crippen molar-refractivity contribution in [3.05, 3.63) is 53.6 Å². The van der Waals surface area contributed by atoms with Gasteiger partial charge in [0.05, 0.1) is 0 Å². The molecule has 3 heteroatoms. The molecule has 0 radical (unpaired) electrons. The van der Waals surface area contributed by atoms with Crippen LogP contribution in [0, 0.1) is 0 Å². The molecule has 1 aromatic carbocycles. The van der Waals surface area contributed by atoms with Crippen LogP contribution in [0.1, 0.15) is 42.3 Å². The summed E-state index contributed by atoms with van der Waals surface area (Å²) in [7, 11) is 2.06. The summed E-state index contributed by atoms with van der Waals surface area (Å²) in [5.41, 5.74) is 3.03. The van der Waals surface area contributed by atoms with Gasteiger partial charge in [-0.2, -0.15) is 0 Å². The Morgan fingerprint density at radius 1 is 1.30 bits per heavy atom. The molecule has 0 spiro atoms. The quantitative estimate of drug-likeness (QED) is 0.865. The lowest BCUT2D eigenvalue weighted by atomic mass is 9.99. The van der Waals surface area contributed by atoms with Gasteiger partial charge in [0.15, 0.2) is 0 Å². The number of fused-ring (bicyclic) bond motifs is 1. The van der Waals surface area contributed by atoms with Gasteiger partial charge in [-0.25, -0.2) is 4.98 Å². The summed E-state index contributed by atoms with van der Waals surface area (Å²) in [4.78, 5) is 4.38. The molecule has 0 saturated heterocycles. The van der Waals surface area contributed by atoms with Crippen LogP contribution in [0.5, 0.6) is 0 Å². The van der Waals surface area contributed by atoms with Gasteiger partial charge in [-0.1, -0.05) is 30.7 Å². The van der Waals surface area contributed by atoms with Crippen molar-refractivity contribution in [2.45, 2.75) is 38.1 Å². The Bertz CT molecular complexity index is 559. The maximum Gasteiger partial charge on any atom is 0.109 e. The summed E-state index contributed by atoms with van der Waals surface area (Å²) in [6.45, 7) is 0.990. The Hall–Kier alpha value is -1.61. The van der Waals surface area contributed by atoms with Crippen LogP contribution in [0.25, 0.3) is 0 Å². The van der Waals surface area contributed by atoms with Crippen LogP contribution in [0.3, 0.4) is 0 Å². The first-order chi connectivity index (χ1) is 9.84. The van der Waals surface area contributed by atoms with Gasteiger partial charge in [0, 0.05) is 38.4 Å². The van der Waals surface area contributed by atoms with Gasteiger partial charge >= 0.3 is 0 Å². The fourth-order valence-electron chi connectivity index (χ4n) is 3.13. The van der Waals surface area contributed by atoms with Crippen LogP contribution < -0.4 is 5.32 Å². The Kier molecular flexibility index (Phi) is 4.16. The molecule has 0 fully saturated rings. The van der Waals surface area contributed by atoms with Gasteiger partial charge < -0.3 is 9.88 Å². The SMILES string of the molecule is Cn1ccnc1CCNC1CCCCc2ccccc21. The summed E-state index contributed by atoms with van der Waals surface area (Å²) < 4.78 is 2.10. The molecule has 3 rings (SSSR count). The molecule has 0 bridgehead atoms. The fourth-order valence-corrected chi connectivity index (χ4v) is 3.13. The molecular weight excluding hydrogens is 246 g/mol. The molecule has 0 aliphatic heterocycles. The lowest BCUT2D eigenvalue weighted by molar-refractivity contribution is 0.488. The summed E-state index contributed by atoms with van der Waals surface area (Å²) >= 11 is 0. The predicted molar refractivity (Wildman–Crippen MR) is 81.7 cm³/mol. The van der Waals surface area contributed by atoms with Crippen LogP contribution in [-0.2, 0) is 19.9 Å². The van der Waals surface area contributed by atoms with Crippen molar-refractivity contribution in [3.63, 3.8) is 0 Å². The van der Waals surface area contributed by atoms with E-state index in [4.69, 9.17) is 0 Å². The molecule has 1 heterocycles. The molecule has 1 aromatic heterocycles. The molecule has 1 unspecified atom stereocenters. The third-order valence-corrected chi connectivity index (χ3v) is 4.28. The lowest BCUT2D eigenvalue weighted by Crippen LogP contribution is -2.24. The number of aromatic nitrogens is 2. The Morgan fingerprint density at radius 2 is 2.20 bits per heavy atom. The van der Waals surface area contributed by atoms with E-state index in [0.29, 0.717) is 6.04 Å². The molecule has 1 N–H and O–H groups in total. The zero-order valence-electron chi connectivity index (χ0n) is 12.2. The van der Waals surface area contributed by atoms with Gasteiger partial charge in [0.1, 0.15) is 5.82 Å². The molecule has 20 heavy (non-hydrogen) atoms. The first-order valence-electron chi connectivity index (χ1n) is 7.62. The summed E-state index contributed by atoms with van der Waals surface area (Å²) in [6.07, 6.45) is 9.98. The molecule has 2 aromatic rings. The number of nitrogens with one attached hydrogen (secondary N) is 1. The lowest BCUT2D eigenvalue weighted by Gasteiger charge is -2.19. The zero-order chi connectivity index (χ0) is 13.8. The Balaban J connectivity index is 1.64. The maximum absolute atomic E-state index is 4.38. The summed E-state index contributed by atoms with van der Waals surface area (Å²) in [5.74, 6) is 1.15. The van der Waals surface area contributed by atoms with Crippen LogP contribution in [0.2, 0.25) is 0 Å². The highest BCUT2D eigenvalue weighted by Gasteiger charge is 2.17. The standard InChI is InChI=1S/C17H23N3/c1-20-13-12-19-17(20)10-11-18-16-9-5-3-7-14-6-2-4-8-15(14)16/h2,4,6,8,12-13,16,18H,3,5,7,9-11H2,1H3. The molecule has 106 valence electrons. The molecular formula is C17H23N3. The Morgan fingerprint density at radius 3 is 3.05 bits per heavy atom. The number of aryl methyl sites for hydroxylation is 2. The average Bonchev–Trinajstić information content (AvgIpc) is 2.76. The third kappa shape index (κ3) is 2.93. The van der Waals surface area contributed by atoms with Crippen molar-refractivity contribution >= 4 is 0 Å². The predicted octanol–water partition coefficient (Wildman–Crippen LogP) is 3.02. The molecule has 0 saturated carbocycles. The molecule has 0 amide bonds. The van der Waals surface area contributed by atoms with Crippen LogP contribution >= 0.6 is 0 Å². The van der Waals surface area contributed by atoms with Gasteiger partial charge in [-0.05, 0) is 30.4 Å². The van der Waals surface area contributed by atoms with Crippen molar-refractivity contribution < 1.29 is 0 Å². The number of nitrogens with zero attached hydrogens (tertiary/aromatic N) is 2. The first kappa shape index (κ1) is 13.4. The van der Waals surface area contributed by atoms with Gasteiger partial charge in [-0.3, -0.25) is 0 Å². The van der Waals surface area contributed by atoms with Gasteiger partial charge in [0.25, 0.3) is 0 Å². The highest BCUT2D eigenvalue weighted by atomic mass is 15.0. The molecule has 1 aliphatic carbocycles. The highest BCUT2D eigenvalue weighted by molar-refractivity contribution is 5.31. The van der Waals surface area contributed by atoms with E-state index < -0.39 is 0 Å². The monoisotopic (exact) mass is 269 g/mol. The molecule has 3 nitrogen and oxygen atoms in total. The minimum Gasteiger partial charge on any atom is -0.338 e. The van der Waals surface area contributed by atoms with Crippen molar-refractivity contribution in [1.82, 2.24) is 14.9 Å². The van der Waals surface area contributed by atoms with Gasteiger partial charge in [0.2, 0.25) is 0 Å². The minimum absolute atomic E-state index is 0.508. The van der Waals surface area contributed by atoms with Gasteiger partial charge in [-0.15, -0.1) is 0 Å². The largest absolute Gasteiger partial charge is 0.338 e.